The van der Waals surface area contributed by atoms with Gasteiger partial charge in [0.05, 0.1) is 16.4 Å². The van der Waals surface area contributed by atoms with Crippen LogP contribution < -0.4 is 5.32 Å². The second kappa shape index (κ2) is 5.90. The molecule has 18 heavy (non-hydrogen) atoms. The van der Waals surface area contributed by atoms with Crippen molar-refractivity contribution in [1.82, 2.24) is 20.0 Å². The van der Waals surface area contributed by atoms with Crippen LogP contribution in [0.1, 0.15) is 18.5 Å². The van der Waals surface area contributed by atoms with E-state index in [1.54, 1.807) is 0 Å². The number of likely N-dealkylation sites (tertiary alicyclic amines) is 1. The lowest BCUT2D eigenvalue weighted by atomic mass is 9.93. The zero-order valence-electron chi connectivity index (χ0n) is 10.6. The Labute approximate surface area is 123 Å². The summed E-state index contributed by atoms with van der Waals surface area (Å²) in [4.78, 5) is 2.57. The molecule has 3 heterocycles. The second-order valence-corrected chi connectivity index (χ2v) is 6.05. The van der Waals surface area contributed by atoms with Gasteiger partial charge in [0.25, 0.3) is 0 Å². The Morgan fingerprint density at radius 1 is 1.50 bits per heavy atom. The highest BCUT2D eigenvalue weighted by molar-refractivity contribution is 9.10. The van der Waals surface area contributed by atoms with E-state index in [0.29, 0.717) is 0 Å². The third-order valence-electron chi connectivity index (χ3n) is 4.12. The molecule has 1 aromatic heterocycles. The van der Waals surface area contributed by atoms with Gasteiger partial charge in [-0.2, -0.15) is 5.10 Å². The van der Waals surface area contributed by atoms with Crippen LogP contribution in [0.5, 0.6) is 0 Å². The van der Waals surface area contributed by atoms with Crippen LogP contribution in [0.3, 0.4) is 0 Å². The molecule has 2 fully saturated rings. The summed E-state index contributed by atoms with van der Waals surface area (Å²) in [6.07, 6.45) is 4.52. The fraction of sp³-hybridized carbons (Fsp3) is 0.750. The fourth-order valence-electron chi connectivity index (χ4n) is 3.09. The van der Waals surface area contributed by atoms with Gasteiger partial charge in [-0.3, -0.25) is 9.58 Å². The molecule has 2 unspecified atom stereocenters. The average Bonchev–Trinajstić information content (AvgIpc) is 2.90. The van der Waals surface area contributed by atoms with Gasteiger partial charge in [0.1, 0.15) is 0 Å². The molecule has 1 N–H and O–H groups in total. The van der Waals surface area contributed by atoms with E-state index in [2.05, 4.69) is 31.2 Å². The number of rotatable bonds is 2. The monoisotopic (exact) mass is 334 g/mol. The van der Waals surface area contributed by atoms with Gasteiger partial charge in [0, 0.05) is 32.7 Å². The van der Waals surface area contributed by atoms with Gasteiger partial charge < -0.3 is 5.32 Å². The van der Waals surface area contributed by atoms with Crippen molar-refractivity contribution in [1.29, 1.82) is 0 Å². The molecule has 0 aliphatic carbocycles. The number of nitrogens with one attached hydrogen (secondary N) is 1. The molecular weight excluding hydrogens is 316 g/mol. The minimum atomic E-state index is 0. The van der Waals surface area contributed by atoms with Gasteiger partial charge in [-0.05, 0) is 41.2 Å². The third kappa shape index (κ3) is 2.74. The molecule has 102 valence electrons. The summed E-state index contributed by atoms with van der Waals surface area (Å²) in [6, 6.07) is 0.779. The van der Waals surface area contributed by atoms with Gasteiger partial charge in [-0.15, -0.1) is 12.4 Å². The van der Waals surface area contributed by atoms with E-state index in [9.17, 15) is 0 Å². The van der Waals surface area contributed by atoms with Crippen LogP contribution in [0, 0.1) is 5.92 Å². The normalized spacial score (nSPS) is 27.9. The molecule has 0 amide bonds. The molecule has 0 aromatic carbocycles. The Kier molecular flexibility index (Phi) is 4.69. The number of aryl methyl sites for hydroxylation is 1. The minimum absolute atomic E-state index is 0. The summed E-state index contributed by atoms with van der Waals surface area (Å²) >= 11 is 3.58. The van der Waals surface area contributed by atoms with Crippen molar-refractivity contribution in [2.75, 3.05) is 19.6 Å². The number of fused-ring (bicyclic) bond motifs is 1. The molecule has 2 saturated heterocycles. The quantitative estimate of drug-likeness (QED) is 0.894. The largest absolute Gasteiger partial charge is 0.314 e. The molecule has 3 rings (SSSR count). The maximum atomic E-state index is 4.28. The van der Waals surface area contributed by atoms with Crippen molar-refractivity contribution in [3.05, 3.63) is 16.4 Å². The molecule has 0 saturated carbocycles. The number of piperidine rings is 1. The van der Waals surface area contributed by atoms with Crippen LogP contribution in [-0.2, 0) is 13.6 Å². The number of aromatic nitrogens is 2. The Morgan fingerprint density at radius 3 is 3.06 bits per heavy atom. The lowest BCUT2D eigenvalue weighted by Crippen LogP contribution is -2.44. The van der Waals surface area contributed by atoms with Crippen molar-refractivity contribution < 1.29 is 0 Å². The van der Waals surface area contributed by atoms with Crippen LogP contribution >= 0.6 is 28.3 Å². The molecule has 2 aliphatic rings. The van der Waals surface area contributed by atoms with E-state index in [0.717, 1.165) is 23.0 Å². The summed E-state index contributed by atoms with van der Waals surface area (Å²) in [5, 5.41) is 7.89. The van der Waals surface area contributed by atoms with E-state index >= 15 is 0 Å². The second-order valence-electron chi connectivity index (χ2n) is 5.20. The number of nitrogens with zero attached hydrogens (tertiary/aromatic N) is 3. The van der Waals surface area contributed by atoms with Crippen molar-refractivity contribution in [2.45, 2.75) is 25.4 Å². The van der Waals surface area contributed by atoms with Gasteiger partial charge in [0.15, 0.2) is 0 Å². The topological polar surface area (TPSA) is 33.1 Å². The summed E-state index contributed by atoms with van der Waals surface area (Å²) in [5.41, 5.74) is 1.29. The highest BCUT2D eigenvalue weighted by atomic mass is 79.9. The summed E-state index contributed by atoms with van der Waals surface area (Å²) in [5.74, 6) is 0.857. The predicted octanol–water partition coefficient (Wildman–Crippen LogP) is 1.79. The first kappa shape index (κ1) is 14.3. The first-order chi connectivity index (χ1) is 8.24. The van der Waals surface area contributed by atoms with Gasteiger partial charge in [-0.25, -0.2) is 0 Å². The molecule has 6 heteroatoms. The maximum Gasteiger partial charge on any atom is 0.0663 e. The van der Waals surface area contributed by atoms with E-state index in [1.165, 1.54) is 38.2 Å². The van der Waals surface area contributed by atoms with Gasteiger partial charge >= 0.3 is 0 Å². The Morgan fingerprint density at radius 2 is 2.33 bits per heavy atom. The Hall–Kier alpha value is -0.100. The van der Waals surface area contributed by atoms with Crippen molar-refractivity contribution in [2.24, 2.45) is 13.0 Å². The highest BCUT2D eigenvalue weighted by Gasteiger charge is 2.32. The number of halogens is 2. The zero-order valence-corrected chi connectivity index (χ0v) is 13.0. The van der Waals surface area contributed by atoms with Crippen molar-refractivity contribution in [3.63, 3.8) is 0 Å². The lowest BCUT2D eigenvalue weighted by molar-refractivity contribution is 0.152. The predicted molar refractivity (Wildman–Crippen MR) is 77.9 cm³/mol. The molecule has 1 aromatic rings. The average molecular weight is 336 g/mol. The fourth-order valence-corrected chi connectivity index (χ4v) is 3.57. The summed E-state index contributed by atoms with van der Waals surface area (Å²) in [7, 11) is 2.02. The van der Waals surface area contributed by atoms with Gasteiger partial charge in [0.2, 0.25) is 0 Å². The van der Waals surface area contributed by atoms with Gasteiger partial charge in [-0.1, -0.05) is 0 Å². The molecule has 4 nitrogen and oxygen atoms in total. The van der Waals surface area contributed by atoms with Crippen LogP contribution in [0.4, 0.5) is 0 Å². The van der Waals surface area contributed by atoms with Crippen LogP contribution in [0.25, 0.3) is 0 Å². The van der Waals surface area contributed by atoms with Crippen molar-refractivity contribution in [3.8, 4) is 0 Å². The number of hydrogen-bond donors (Lipinski definition) is 1. The molecule has 0 spiro atoms. The molecule has 0 radical (unpaired) electrons. The minimum Gasteiger partial charge on any atom is -0.314 e. The Bertz CT molecular complexity index is 389. The lowest BCUT2D eigenvalue weighted by Gasteiger charge is -2.34. The summed E-state index contributed by atoms with van der Waals surface area (Å²) < 4.78 is 3.11. The van der Waals surface area contributed by atoms with Crippen LogP contribution in [-0.4, -0.2) is 40.4 Å². The van der Waals surface area contributed by atoms with Crippen molar-refractivity contribution >= 4 is 28.3 Å². The van der Waals surface area contributed by atoms with E-state index in [4.69, 9.17) is 0 Å². The zero-order chi connectivity index (χ0) is 11.8. The standard InChI is InChI=1S/C12H19BrN4.ClH/c1-16-12(10(13)6-15-16)8-17-5-3-11-9(7-17)2-4-14-11;/h6,9,11,14H,2-5,7-8H2,1H3;1H. The number of hydrogen-bond acceptors (Lipinski definition) is 3. The van der Waals surface area contributed by atoms with Crippen LogP contribution in [0.15, 0.2) is 10.7 Å². The van der Waals surface area contributed by atoms with E-state index in [-0.39, 0.29) is 12.4 Å². The van der Waals surface area contributed by atoms with E-state index < -0.39 is 0 Å². The maximum absolute atomic E-state index is 4.28. The molecular formula is C12H20BrClN4. The third-order valence-corrected chi connectivity index (χ3v) is 4.79. The highest BCUT2D eigenvalue weighted by Crippen LogP contribution is 2.26. The van der Waals surface area contributed by atoms with E-state index in [1.807, 2.05) is 17.9 Å². The molecule has 2 atom stereocenters. The van der Waals surface area contributed by atoms with Crippen LogP contribution in [0.2, 0.25) is 0 Å². The molecule has 0 bridgehead atoms. The summed E-state index contributed by atoms with van der Waals surface area (Å²) in [6.45, 7) is 4.65. The SMILES string of the molecule is Cl.Cn1ncc(Br)c1CN1CCC2NCCC2C1. The molecule has 2 aliphatic heterocycles. The first-order valence-electron chi connectivity index (χ1n) is 6.36. The Balaban J connectivity index is 0.00000120. The smallest absolute Gasteiger partial charge is 0.0663 e. The first-order valence-corrected chi connectivity index (χ1v) is 7.15.